The van der Waals surface area contributed by atoms with Crippen LogP contribution in [0.1, 0.15) is 6.42 Å². The van der Waals surface area contributed by atoms with Gasteiger partial charge < -0.3 is 14.6 Å². The molecule has 0 atom stereocenters. The summed E-state index contributed by atoms with van der Waals surface area (Å²) in [6.07, 6.45) is 4.68. The van der Waals surface area contributed by atoms with Crippen LogP contribution >= 0.6 is 11.6 Å². The minimum Gasteiger partial charge on any atom is -0.385 e. The number of methoxy groups -OCH3 is 1. The van der Waals surface area contributed by atoms with Gasteiger partial charge in [-0.3, -0.25) is 0 Å². The Balaban J connectivity index is 2.03. The Morgan fingerprint density at radius 3 is 3.11 bits per heavy atom. The number of nitrogens with one attached hydrogen (secondary N) is 1. The summed E-state index contributed by atoms with van der Waals surface area (Å²) in [6, 6.07) is 7.58. The monoisotopic (exact) mass is 265 g/mol. The van der Waals surface area contributed by atoms with Crippen LogP contribution in [0.4, 0.5) is 11.6 Å². The number of anilines is 2. The fourth-order valence-corrected chi connectivity index (χ4v) is 1.88. The van der Waals surface area contributed by atoms with Crippen LogP contribution in [0.2, 0.25) is 5.02 Å². The number of rotatable bonds is 6. The van der Waals surface area contributed by atoms with Crippen LogP contribution in [-0.4, -0.2) is 23.3 Å². The van der Waals surface area contributed by atoms with Crippen LogP contribution in [0.5, 0.6) is 0 Å². The molecule has 0 radical (unpaired) electrons. The van der Waals surface area contributed by atoms with E-state index in [0.717, 1.165) is 31.2 Å². The number of ether oxygens (including phenoxy) is 1. The predicted molar refractivity (Wildman–Crippen MR) is 73.5 cm³/mol. The summed E-state index contributed by atoms with van der Waals surface area (Å²) >= 11 is 5.94. The van der Waals surface area contributed by atoms with E-state index in [0.29, 0.717) is 5.02 Å². The van der Waals surface area contributed by atoms with E-state index in [4.69, 9.17) is 16.3 Å². The third-order valence-corrected chi connectivity index (χ3v) is 2.78. The lowest BCUT2D eigenvalue weighted by Gasteiger charge is -2.09. The van der Waals surface area contributed by atoms with E-state index in [2.05, 4.69) is 14.9 Å². The molecule has 0 saturated heterocycles. The molecule has 5 heteroatoms. The van der Waals surface area contributed by atoms with Gasteiger partial charge in [-0.05, 0) is 24.6 Å². The van der Waals surface area contributed by atoms with Crippen molar-refractivity contribution in [3.05, 3.63) is 41.7 Å². The zero-order valence-electron chi connectivity index (χ0n) is 10.3. The van der Waals surface area contributed by atoms with Crippen LogP contribution in [0.25, 0.3) is 0 Å². The first-order valence-corrected chi connectivity index (χ1v) is 6.20. The summed E-state index contributed by atoms with van der Waals surface area (Å²) in [7, 11) is 1.71. The summed E-state index contributed by atoms with van der Waals surface area (Å²) in [5, 5.41) is 3.95. The van der Waals surface area contributed by atoms with Crippen molar-refractivity contribution in [3.63, 3.8) is 0 Å². The van der Waals surface area contributed by atoms with Crippen molar-refractivity contribution >= 4 is 23.2 Å². The molecular formula is C13H16ClN3O. The second-order valence-corrected chi connectivity index (χ2v) is 4.36. The Labute approximate surface area is 112 Å². The number of imidazole rings is 1. The Morgan fingerprint density at radius 1 is 1.44 bits per heavy atom. The second kappa shape index (κ2) is 6.42. The zero-order chi connectivity index (χ0) is 12.8. The highest BCUT2D eigenvalue weighted by atomic mass is 35.5. The largest absolute Gasteiger partial charge is 0.385 e. The molecule has 2 aromatic rings. The van der Waals surface area contributed by atoms with Crippen molar-refractivity contribution in [2.24, 2.45) is 0 Å². The molecule has 0 aliphatic carbocycles. The maximum atomic E-state index is 5.94. The number of nitrogens with zero attached hydrogens (tertiary/aromatic N) is 2. The lowest BCUT2D eigenvalue weighted by molar-refractivity contribution is 0.190. The predicted octanol–water partition coefficient (Wildman–Crippen LogP) is 3.32. The fraction of sp³-hybridized carbons (Fsp3) is 0.308. The van der Waals surface area contributed by atoms with Gasteiger partial charge in [0.05, 0.1) is 0 Å². The van der Waals surface area contributed by atoms with E-state index in [9.17, 15) is 0 Å². The summed E-state index contributed by atoms with van der Waals surface area (Å²) in [5.74, 6) is 0.813. The third kappa shape index (κ3) is 3.48. The molecule has 0 aliphatic heterocycles. The van der Waals surface area contributed by atoms with E-state index < -0.39 is 0 Å². The fourth-order valence-electron chi connectivity index (χ4n) is 1.69. The highest BCUT2D eigenvalue weighted by Crippen LogP contribution is 2.19. The quantitative estimate of drug-likeness (QED) is 0.815. The maximum Gasteiger partial charge on any atom is 0.207 e. The second-order valence-electron chi connectivity index (χ2n) is 3.93. The highest BCUT2D eigenvalue weighted by molar-refractivity contribution is 6.30. The lowest BCUT2D eigenvalue weighted by atomic mass is 10.3. The van der Waals surface area contributed by atoms with E-state index in [-0.39, 0.29) is 0 Å². The van der Waals surface area contributed by atoms with Crippen LogP contribution < -0.4 is 5.32 Å². The van der Waals surface area contributed by atoms with Crippen molar-refractivity contribution in [2.75, 3.05) is 19.0 Å². The molecule has 0 fully saturated rings. The van der Waals surface area contributed by atoms with E-state index in [1.165, 1.54) is 0 Å². The third-order valence-electron chi connectivity index (χ3n) is 2.54. The van der Waals surface area contributed by atoms with Crippen molar-refractivity contribution in [1.29, 1.82) is 0 Å². The Kier molecular flexibility index (Phi) is 4.61. The molecule has 1 N–H and O–H groups in total. The number of hydrogen-bond donors (Lipinski definition) is 1. The molecule has 4 nitrogen and oxygen atoms in total. The summed E-state index contributed by atoms with van der Waals surface area (Å²) in [4.78, 5) is 4.29. The first kappa shape index (κ1) is 12.9. The molecule has 2 rings (SSSR count). The Hall–Kier alpha value is -1.52. The van der Waals surface area contributed by atoms with Gasteiger partial charge in [0.15, 0.2) is 0 Å². The van der Waals surface area contributed by atoms with E-state index in [1.807, 2.05) is 30.5 Å². The molecule has 0 amide bonds. The van der Waals surface area contributed by atoms with Crippen LogP contribution in [0, 0.1) is 0 Å². The Morgan fingerprint density at radius 2 is 2.33 bits per heavy atom. The average Bonchev–Trinajstić information content (AvgIpc) is 2.77. The number of aryl methyl sites for hydroxylation is 1. The van der Waals surface area contributed by atoms with Gasteiger partial charge in [-0.2, -0.15) is 0 Å². The number of halogens is 1. The van der Waals surface area contributed by atoms with E-state index in [1.54, 1.807) is 13.3 Å². The minimum atomic E-state index is 0.706. The van der Waals surface area contributed by atoms with Gasteiger partial charge in [0, 0.05) is 43.4 Å². The number of hydrogen-bond acceptors (Lipinski definition) is 3. The van der Waals surface area contributed by atoms with Crippen LogP contribution in [-0.2, 0) is 11.3 Å². The zero-order valence-corrected chi connectivity index (χ0v) is 11.0. The minimum absolute atomic E-state index is 0.706. The first-order chi connectivity index (χ1) is 8.79. The molecule has 18 heavy (non-hydrogen) atoms. The molecule has 96 valence electrons. The number of benzene rings is 1. The SMILES string of the molecule is COCCCn1ccnc1Nc1cccc(Cl)c1. The average molecular weight is 266 g/mol. The summed E-state index contributed by atoms with van der Waals surface area (Å²) in [5.41, 5.74) is 0.932. The van der Waals surface area contributed by atoms with Gasteiger partial charge in [0.1, 0.15) is 0 Å². The molecule has 1 heterocycles. The first-order valence-electron chi connectivity index (χ1n) is 5.82. The van der Waals surface area contributed by atoms with Gasteiger partial charge in [-0.25, -0.2) is 4.98 Å². The van der Waals surface area contributed by atoms with Crippen molar-refractivity contribution in [3.8, 4) is 0 Å². The normalized spacial score (nSPS) is 10.6. The highest BCUT2D eigenvalue weighted by Gasteiger charge is 2.03. The molecular weight excluding hydrogens is 250 g/mol. The summed E-state index contributed by atoms with van der Waals surface area (Å²) < 4.78 is 7.10. The smallest absolute Gasteiger partial charge is 0.207 e. The van der Waals surface area contributed by atoms with Gasteiger partial charge in [0.25, 0.3) is 0 Å². The van der Waals surface area contributed by atoms with Gasteiger partial charge in [-0.15, -0.1) is 0 Å². The van der Waals surface area contributed by atoms with Crippen LogP contribution in [0.3, 0.4) is 0 Å². The molecule has 0 spiro atoms. The molecule has 0 bridgehead atoms. The number of aromatic nitrogens is 2. The maximum absolute atomic E-state index is 5.94. The van der Waals surface area contributed by atoms with Gasteiger partial charge >= 0.3 is 0 Å². The van der Waals surface area contributed by atoms with E-state index >= 15 is 0 Å². The molecule has 0 saturated carbocycles. The summed E-state index contributed by atoms with van der Waals surface area (Å²) in [6.45, 7) is 1.62. The Bertz CT molecular complexity index is 498. The molecule has 1 aromatic heterocycles. The topological polar surface area (TPSA) is 39.1 Å². The van der Waals surface area contributed by atoms with Gasteiger partial charge in [-0.1, -0.05) is 17.7 Å². The van der Waals surface area contributed by atoms with Crippen LogP contribution in [0.15, 0.2) is 36.7 Å². The molecule has 1 aromatic carbocycles. The van der Waals surface area contributed by atoms with Gasteiger partial charge in [0.2, 0.25) is 5.95 Å². The lowest BCUT2D eigenvalue weighted by Crippen LogP contribution is -2.05. The molecule has 0 aliphatic rings. The van der Waals surface area contributed by atoms with Crippen molar-refractivity contribution in [2.45, 2.75) is 13.0 Å². The van der Waals surface area contributed by atoms with Crippen molar-refractivity contribution in [1.82, 2.24) is 9.55 Å². The molecule has 0 unspecified atom stereocenters. The van der Waals surface area contributed by atoms with Crippen molar-refractivity contribution < 1.29 is 4.74 Å². The standard InChI is InChI=1S/C13H16ClN3O/c1-18-9-3-7-17-8-6-15-13(17)16-12-5-2-4-11(14)10-12/h2,4-6,8,10H,3,7,9H2,1H3,(H,15,16).